The van der Waals surface area contributed by atoms with Gasteiger partial charge in [-0.2, -0.15) is 0 Å². The fourth-order valence-electron chi connectivity index (χ4n) is 1.45. The minimum atomic E-state index is 0.130. The Kier molecular flexibility index (Phi) is 5.40. The van der Waals surface area contributed by atoms with Crippen molar-refractivity contribution in [1.29, 1.82) is 0 Å². The van der Waals surface area contributed by atoms with Crippen molar-refractivity contribution < 1.29 is 4.79 Å². The summed E-state index contributed by atoms with van der Waals surface area (Å²) in [6.07, 6.45) is 1.50. The smallest absolute Gasteiger partial charge is 0.220 e. The van der Waals surface area contributed by atoms with Crippen LogP contribution < -0.4 is 10.6 Å². The van der Waals surface area contributed by atoms with Crippen molar-refractivity contribution >= 4 is 11.6 Å². The fraction of sp³-hybridized carbons (Fsp3) is 0.462. The molecule has 0 bridgehead atoms. The highest BCUT2D eigenvalue weighted by atomic mass is 16.1. The Morgan fingerprint density at radius 2 is 2.00 bits per heavy atom. The first-order valence-corrected chi connectivity index (χ1v) is 5.80. The van der Waals surface area contributed by atoms with Gasteiger partial charge in [0.2, 0.25) is 5.91 Å². The maximum Gasteiger partial charge on any atom is 0.220 e. The molecule has 1 amide bonds. The maximum absolute atomic E-state index is 11.3. The SMILES string of the molecule is CCCC(=O)N[C@H](C)CNc1ccccc1. The Bertz CT molecular complexity index is 311. The van der Waals surface area contributed by atoms with Crippen LogP contribution >= 0.6 is 0 Å². The third kappa shape index (κ3) is 4.82. The van der Waals surface area contributed by atoms with Gasteiger partial charge >= 0.3 is 0 Å². The first kappa shape index (κ1) is 12.6. The number of rotatable bonds is 6. The summed E-state index contributed by atoms with van der Waals surface area (Å²) in [6.45, 7) is 4.76. The van der Waals surface area contributed by atoms with Gasteiger partial charge in [0.25, 0.3) is 0 Å². The maximum atomic E-state index is 11.3. The summed E-state index contributed by atoms with van der Waals surface area (Å²) in [5.74, 6) is 0.130. The molecule has 0 aliphatic rings. The molecule has 1 aromatic carbocycles. The predicted octanol–water partition coefficient (Wildman–Crippen LogP) is 2.40. The first-order chi connectivity index (χ1) is 7.72. The molecule has 0 saturated heterocycles. The molecule has 0 unspecified atom stereocenters. The van der Waals surface area contributed by atoms with Gasteiger partial charge in [0.15, 0.2) is 0 Å². The molecule has 0 aromatic heterocycles. The molecule has 1 rings (SSSR count). The van der Waals surface area contributed by atoms with Crippen molar-refractivity contribution in [1.82, 2.24) is 5.32 Å². The predicted molar refractivity (Wildman–Crippen MR) is 67.4 cm³/mol. The lowest BCUT2D eigenvalue weighted by Gasteiger charge is -2.15. The first-order valence-electron chi connectivity index (χ1n) is 5.80. The zero-order valence-corrected chi connectivity index (χ0v) is 9.99. The second-order valence-electron chi connectivity index (χ2n) is 3.97. The fourth-order valence-corrected chi connectivity index (χ4v) is 1.45. The number of nitrogens with one attached hydrogen (secondary N) is 2. The highest BCUT2D eigenvalue weighted by molar-refractivity contribution is 5.76. The molecular formula is C13H20N2O. The zero-order chi connectivity index (χ0) is 11.8. The molecule has 16 heavy (non-hydrogen) atoms. The molecule has 3 nitrogen and oxygen atoms in total. The van der Waals surface area contributed by atoms with Gasteiger partial charge < -0.3 is 10.6 Å². The van der Waals surface area contributed by atoms with Gasteiger partial charge in [-0.25, -0.2) is 0 Å². The molecule has 0 radical (unpaired) electrons. The summed E-state index contributed by atoms with van der Waals surface area (Å²) in [5, 5.41) is 6.23. The quantitative estimate of drug-likeness (QED) is 0.773. The van der Waals surface area contributed by atoms with Crippen LogP contribution in [0.1, 0.15) is 26.7 Å². The lowest BCUT2D eigenvalue weighted by atomic mass is 10.2. The molecule has 0 heterocycles. The van der Waals surface area contributed by atoms with E-state index in [2.05, 4.69) is 10.6 Å². The lowest BCUT2D eigenvalue weighted by molar-refractivity contribution is -0.121. The summed E-state index contributed by atoms with van der Waals surface area (Å²) in [7, 11) is 0. The summed E-state index contributed by atoms with van der Waals surface area (Å²) < 4.78 is 0. The second-order valence-corrected chi connectivity index (χ2v) is 3.97. The van der Waals surface area contributed by atoms with Gasteiger partial charge in [0.05, 0.1) is 0 Å². The summed E-state index contributed by atoms with van der Waals surface area (Å²) in [5.41, 5.74) is 1.08. The number of amides is 1. The van der Waals surface area contributed by atoms with Crippen molar-refractivity contribution in [2.75, 3.05) is 11.9 Å². The van der Waals surface area contributed by atoms with E-state index in [0.29, 0.717) is 6.42 Å². The van der Waals surface area contributed by atoms with E-state index in [4.69, 9.17) is 0 Å². The van der Waals surface area contributed by atoms with Crippen molar-refractivity contribution in [2.45, 2.75) is 32.7 Å². The van der Waals surface area contributed by atoms with Gasteiger partial charge in [-0.3, -0.25) is 4.79 Å². The van der Waals surface area contributed by atoms with Crippen molar-refractivity contribution in [3.8, 4) is 0 Å². The summed E-state index contributed by atoms with van der Waals surface area (Å²) >= 11 is 0. The number of anilines is 1. The van der Waals surface area contributed by atoms with Crippen LogP contribution in [-0.2, 0) is 4.79 Å². The molecule has 0 aliphatic carbocycles. The van der Waals surface area contributed by atoms with Gasteiger partial charge in [-0.1, -0.05) is 25.1 Å². The average Bonchev–Trinajstić information content (AvgIpc) is 2.28. The molecule has 0 spiro atoms. The van der Waals surface area contributed by atoms with Crippen LogP contribution in [0.25, 0.3) is 0 Å². The summed E-state index contributed by atoms with van der Waals surface area (Å²) in [6, 6.07) is 10.1. The van der Waals surface area contributed by atoms with Gasteiger partial charge in [-0.05, 0) is 25.5 Å². The monoisotopic (exact) mass is 220 g/mol. The Morgan fingerprint density at radius 3 is 2.62 bits per heavy atom. The molecule has 0 fully saturated rings. The average molecular weight is 220 g/mol. The van der Waals surface area contributed by atoms with Crippen molar-refractivity contribution in [2.24, 2.45) is 0 Å². The van der Waals surface area contributed by atoms with Crippen LogP contribution in [0.5, 0.6) is 0 Å². The second kappa shape index (κ2) is 6.88. The molecule has 1 atom stereocenters. The topological polar surface area (TPSA) is 41.1 Å². The number of hydrogen-bond donors (Lipinski definition) is 2. The van der Waals surface area contributed by atoms with E-state index in [1.54, 1.807) is 0 Å². The molecule has 1 aromatic rings. The van der Waals surface area contributed by atoms with E-state index in [1.807, 2.05) is 44.2 Å². The van der Waals surface area contributed by atoms with Gasteiger partial charge in [-0.15, -0.1) is 0 Å². The largest absolute Gasteiger partial charge is 0.383 e. The van der Waals surface area contributed by atoms with Crippen LogP contribution in [0.3, 0.4) is 0 Å². The third-order valence-corrected chi connectivity index (χ3v) is 2.27. The van der Waals surface area contributed by atoms with Crippen molar-refractivity contribution in [3.63, 3.8) is 0 Å². The van der Waals surface area contributed by atoms with Crippen LogP contribution in [-0.4, -0.2) is 18.5 Å². The lowest BCUT2D eigenvalue weighted by Crippen LogP contribution is -2.37. The summed E-state index contributed by atoms with van der Waals surface area (Å²) in [4.78, 5) is 11.3. The number of hydrogen-bond acceptors (Lipinski definition) is 2. The third-order valence-electron chi connectivity index (χ3n) is 2.27. The molecule has 2 N–H and O–H groups in total. The number of para-hydroxylation sites is 1. The molecule has 3 heteroatoms. The number of benzene rings is 1. The molecule has 0 aliphatic heterocycles. The van der Waals surface area contributed by atoms with Crippen molar-refractivity contribution in [3.05, 3.63) is 30.3 Å². The van der Waals surface area contributed by atoms with Crippen LogP contribution in [0.2, 0.25) is 0 Å². The Labute approximate surface area is 97.2 Å². The molecular weight excluding hydrogens is 200 g/mol. The minimum absolute atomic E-state index is 0.130. The Morgan fingerprint density at radius 1 is 1.31 bits per heavy atom. The normalized spacial score (nSPS) is 11.9. The van der Waals surface area contributed by atoms with Gasteiger partial charge in [0.1, 0.15) is 0 Å². The van der Waals surface area contributed by atoms with Gasteiger partial charge in [0, 0.05) is 24.7 Å². The number of carbonyl (C=O) groups excluding carboxylic acids is 1. The number of carbonyl (C=O) groups is 1. The van der Waals surface area contributed by atoms with E-state index in [0.717, 1.165) is 18.7 Å². The van der Waals surface area contributed by atoms with E-state index in [9.17, 15) is 4.79 Å². The van der Waals surface area contributed by atoms with Crippen LogP contribution in [0, 0.1) is 0 Å². The minimum Gasteiger partial charge on any atom is -0.383 e. The van der Waals surface area contributed by atoms with Crippen LogP contribution in [0.15, 0.2) is 30.3 Å². The Balaban J connectivity index is 2.25. The standard InChI is InChI=1S/C13H20N2O/c1-3-7-13(16)15-11(2)10-14-12-8-5-4-6-9-12/h4-6,8-9,11,14H,3,7,10H2,1-2H3,(H,15,16)/t11-/m1/s1. The highest BCUT2D eigenvalue weighted by Gasteiger charge is 2.05. The Hall–Kier alpha value is -1.51. The van der Waals surface area contributed by atoms with Crippen LogP contribution in [0.4, 0.5) is 5.69 Å². The molecule has 0 saturated carbocycles. The molecule has 88 valence electrons. The van der Waals surface area contributed by atoms with E-state index in [1.165, 1.54) is 0 Å². The van der Waals surface area contributed by atoms with E-state index >= 15 is 0 Å². The van der Waals surface area contributed by atoms with E-state index < -0.39 is 0 Å². The van der Waals surface area contributed by atoms with E-state index in [-0.39, 0.29) is 11.9 Å². The highest BCUT2D eigenvalue weighted by Crippen LogP contribution is 2.04. The zero-order valence-electron chi connectivity index (χ0n) is 9.99.